The number of urea groups is 1. The third-order valence-corrected chi connectivity index (χ3v) is 6.65. The molecule has 0 aromatic heterocycles. The number of rotatable bonds is 5. The molecule has 0 spiro atoms. The van der Waals surface area contributed by atoms with Crippen molar-refractivity contribution in [1.82, 2.24) is 25.8 Å². The Morgan fingerprint density at radius 3 is 2.43 bits per heavy atom. The first-order valence-corrected chi connectivity index (χ1v) is 10.8. The lowest BCUT2D eigenvalue weighted by Gasteiger charge is -2.39. The molecular formula is C20H36N6O2. The number of nitrogens with zero attached hydrogens (tertiary/aromatic N) is 3. The molecule has 0 aromatic carbocycles. The van der Waals surface area contributed by atoms with Gasteiger partial charge in [-0.25, -0.2) is 4.79 Å². The smallest absolute Gasteiger partial charge is 0.322 e. The van der Waals surface area contributed by atoms with Gasteiger partial charge in [-0.1, -0.05) is 0 Å². The normalized spacial score (nSPS) is 28.4. The number of carbonyl (C=O) groups is 2. The van der Waals surface area contributed by atoms with Crippen LogP contribution in [0.4, 0.5) is 4.79 Å². The summed E-state index contributed by atoms with van der Waals surface area (Å²) >= 11 is 0. The minimum absolute atomic E-state index is 0.150. The van der Waals surface area contributed by atoms with Gasteiger partial charge >= 0.3 is 6.03 Å². The topological polar surface area (TPSA) is 89.1 Å². The maximum absolute atomic E-state index is 12.2. The summed E-state index contributed by atoms with van der Waals surface area (Å²) in [6, 6.07) is -0.376. The molecule has 0 radical (unpaired) electrons. The summed E-state index contributed by atoms with van der Waals surface area (Å²) in [5.41, 5.74) is -0.785. The van der Waals surface area contributed by atoms with Crippen molar-refractivity contribution < 1.29 is 9.59 Å². The highest BCUT2D eigenvalue weighted by atomic mass is 16.2. The number of nitrogens with one attached hydrogen (secondary N) is 3. The molecule has 3 amide bonds. The fraction of sp³-hybridized carbons (Fsp3) is 0.850. The molecule has 1 unspecified atom stereocenters. The molecule has 3 aliphatic rings. The second kappa shape index (κ2) is 9.11. The molecule has 1 atom stereocenters. The first kappa shape index (κ1) is 20.9. The molecule has 8 heteroatoms. The minimum atomic E-state index is -0.785. The van der Waals surface area contributed by atoms with Gasteiger partial charge in [0.05, 0.1) is 0 Å². The number of piperidine rings is 2. The maximum atomic E-state index is 12.2. The summed E-state index contributed by atoms with van der Waals surface area (Å²) in [4.78, 5) is 33.3. The number of imide groups is 1. The first-order valence-electron chi connectivity index (χ1n) is 10.8. The Hall–Kier alpha value is -1.83. The summed E-state index contributed by atoms with van der Waals surface area (Å²) in [5.74, 6) is 1.73. The Labute approximate surface area is 168 Å². The van der Waals surface area contributed by atoms with Crippen LogP contribution in [-0.4, -0.2) is 79.6 Å². The quantitative estimate of drug-likeness (QED) is 0.369. The average Bonchev–Trinajstić information content (AvgIpc) is 2.95. The number of hydrogen-bond donors (Lipinski definition) is 3. The summed E-state index contributed by atoms with van der Waals surface area (Å²) in [7, 11) is 2.20. The molecule has 3 fully saturated rings. The lowest BCUT2D eigenvalue weighted by Crippen LogP contribution is -2.55. The second-order valence-electron chi connectivity index (χ2n) is 8.64. The van der Waals surface area contributed by atoms with Crippen molar-refractivity contribution in [1.29, 1.82) is 0 Å². The zero-order valence-corrected chi connectivity index (χ0v) is 17.6. The molecule has 158 valence electrons. The van der Waals surface area contributed by atoms with Gasteiger partial charge < -0.3 is 20.4 Å². The van der Waals surface area contributed by atoms with Crippen molar-refractivity contribution in [2.45, 2.75) is 51.5 Å². The third-order valence-electron chi connectivity index (χ3n) is 6.65. The minimum Gasteiger partial charge on any atom is -0.357 e. The van der Waals surface area contributed by atoms with Crippen molar-refractivity contribution >= 4 is 17.9 Å². The van der Waals surface area contributed by atoms with Crippen molar-refractivity contribution in [2.24, 2.45) is 16.8 Å². The number of hydrogen-bond acceptors (Lipinski definition) is 4. The van der Waals surface area contributed by atoms with E-state index in [2.05, 4.69) is 39.7 Å². The number of aliphatic imine (C=N–C) groups is 1. The molecule has 3 saturated heterocycles. The second-order valence-corrected chi connectivity index (χ2v) is 8.64. The Morgan fingerprint density at radius 1 is 1.18 bits per heavy atom. The summed E-state index contributed by atoms with van der Waals surface area (Å²) in [6.45, 7) is 9.76. The standard InChI is InChI=1S/C20H36N6O2/c1-4-21-18(22-10-5-15-6-11-25(3)12-7-15)26-13-8-16(9-14-26)20(2)17(27)23-19(28)24-20/h15-16H,4-14H2,1-3H3,(H,21,22)(H2,23,24,27,28). The van der Waals surface area contributed by atoms with Crippen LogP contribution < -0.4 is 16.0 Å². The number of guanidine groups is 1. The van der Waals surface area contributed by atoms with Crippen molar-refractivity contribution in [3.8, 4) is 0 Å². The van der Waals surface area contributed by atoms with Gasteiger partial charge in [0.1, 0.15) is 5.54 Å². The Kier molecular flexibility index (Phi) is 6.80. The first-order chi connectivity index (χ1) is 13.4. The molecule has 28 heavy (non-hydrogen) atoms. The maximum Gasteiger partial charge on any atom is 0.322 e. The van der Waals surface area contributed by atoms with E-state index in [1.54, 1.807) is 0 Å². The van der Waals surface area contributed by atoms with E-state index < -0.39 is 5.54 Å². The molecule has 3 rings (SSSR count). The van der Waals surface area contributed by atoms with Crippen LogP contribution in [0.15, 0.2) is 4.99 Å². The van der Waals surface area contributed by atoms with Gasteiger partial charge in [0, 0.05) is 26.2 Å². The van der Waals surface area contributed by atoms with Crippen molar-refractivity contribution in [3.63, 3.8) is 0 Å². The molecule has 8 nitrogen and oxygen atoms in total. The van der Waals surface area contributed by atoms with E-state index in [4.69, 9.17) is 4.99 Å². The van der Waals surface area contributed by atoms with E-state index in [-0.39, 0.29) is 17.9 Å². The lowest BCUT2D eigenvalue weighted by atomic mass is 9.79. The predicted molar refractivity (Wildman–Crippen MR) is 110 cm³/mol. The lowest BCUT2D eigenvalue weighted by molar-refractivity contribution is -0.125. The van der Waals surface area contributed by atoms with Crippen LogP contribution in [-0.2, 0) is 4.79 Å². The molecular weight excluding hydrogens is 356 g/mol. The van der Waals surface area contributed by atoms with E-state index >= 15 is 0 Å². The number of amides is 3. The highest BCUT2D eigenvalue weighted by molar-refractivity contribution is 6.07. The van der Waals surface area contributed by atoms with Gasteiger partial charge in [-0.15, -0.1) is 0 Å². The molecule has 3 aliphatic heterocycles. The number of likely N-dealkylation sites (tertiary alicyclic amines) is 2. The molecule has 3 heterocycles. The molecule has 3 N–H and O–H groups in total. The molecule has 0 bridgehead atoms. The van der Waals surface area contributed by atoms with Crippen molar-refractivity contribution in [2.75, 3.05) is 46.3 Å². The molecule has 0 saturated carbocycles. The fourth-order valence-corrected chi connectivity index (χ4v) is 4.64. The summed E-state index contributed by atoms with van der Waals surface area (Å²) < 4.78 is 0. The van der Waals surface area contributed by atoms with Gasteiger partial charge in [-0.3, -0.25) is 15.1 Å². The van der Waals surface area contributed by atoms with E-state index in [1.165, 1.54) is 25.9 Å². The van der Waals surface area contributed by atoms with E-state index in [0.717, 1.165) is 57.3 Å². The van der Waals surface area contributed by atoms with E-state index in [9.17, 15) is 9.59 Å². The van der Waals surface area contributed by atoms with E-state index in [1.807, 2.05) is 6.92 Å². The van der Waals surface area contributed by atoms with Gasteiger partial charge in [-0.05, 0) is 77.9 Å². The molecule has 0 aromatic rings. The van der Waals surface area contributed by atoms with Gasteiger partial charge in [0.15, 0.2) is 5.96 Å². The summed E-state index contributed by atoms with van der Waals surface area (Å²) in [5, 5.41) is 8.63. The van der Waals surface area contributed by atoms with Gasteiger partial charge in [0.2, 0.25) is 0 Å². The third kappa shape index (κ3) is 4.77. The van der Waals surface area contributed by atoms with Crippen LogP contribution in [0.1, 0.15) is 46.0 Å². The monoisotopic (exact) mass is 392 g/mol. The molecule has 0 aliphatic carbocycles. The van der Waals surface area contributed by atoms with Gasteiger partial charge in [0.25, 0.3) is 5.91 Å². The highest BCUT2D eigenvalue weighted by Gasteiger charge is 2.48. The zero-order valence-electron chi connectivity index (χ0n) is 17.6. The van der Waals surface area contributed by atoms with Crippen molar-refractivity contribution in [3.05, 3.63) is 0 Å². The predicted octanol–water partition coefficient (Wildman–Crippen LogP) is 0.994. The fourth-order valence-electron chi connectivity index (χ4n) is 4.64. The Balaban J connectivity index is 1.51. The highest BCUT2D eigenvalue weighted by Crippen LogP contribution is 2.30. The Bertz CT molecular complexity index is 594. The van der Waals surface area contributed by atoms with Crippen LogP contribution in [0.25, 0.3) is 0 Å². The Morgan fingerprint density at radius 2 is 1.86 bits per heavy atom. The van der Waals surface area contributed by atoms with Gasteiger partial charge in [-0.2, -0.15) is 0 Å². The van der Waals surface area contributed by atoms with Crippen LogP contribution in [0, 0.1) is 11.8 Å². The largest absolute Gasteiger partial charge is 0.357 e. The summed E-state index contributed by atoms with van der Waals surface area (Å²) in [6.07, 6.45) is 5.44. The zero-order chi connectivity index (χ0) is 20.1. The van der Waals surface area contributed by atoms with Crippen LogP contribution in [0.5, 0.6) is 0 Å². The number of carbonyl (C=O) groups excluding carboxylic acids is 2. The van der Waals surface area contributed by atoms with Crippen LogP contribution in [0.3, 0.4) is 0 Å². The van der Waals surface area contributed by atoms with Crippen LogP contribution in [0.2, 0.25) is 0 Å². The van der Waals surface area contributed by atoms with E-state index in [0.29, 0.717) is 0 Å². The SMILES string of the molecule is CCNC(=NCCC1CCN(C)CC1)N1CCC(C2(C)NC(=O)NC2=O)CC1. The average molecular weight is 393 g/mol. The van der Waals surface area contributed by atoms with Crippen LogP contribution >= 0.6 is 0 Å².